The number of rotatable bonds is 1. The highest BCUT2D eigenvalue weighted by Crippen LogP contribution is 2.44. The van der Waals surface area contributed by atoms with Gasteiger partial charge in [-0.15, -0.1) is 0 Å². The van der Waals surface area contributed by atoms with Crippen molar-refractivity contribution < 1.29 is 8.83 Å². The Labute approximate surface area is 172 Å². The molecule has 7 aromatic rings. The summed E-state index contributed by atoms with van der Waals surface area (Å²) < 4.78 is 15.2. The fraction of sp³-hybridized carbons (Fsp3) is 0.111. The van der Waals surface area contributed by atoms with Crippen molar-refractivity contribution >= 4 is 65.7 Å². The molecular weight excluding hydrogens is 370 g/mol. The van der Waals surface area contributed by atoms with Crippen molar-refractivity contribution in [2.24, 2.45) is 0 Å². The molecule has 3 aromatic heterocycles. The van der Waals surface area contributed by atoms with E-state index in [1.165, 1.54) is 10.9 Å². The summed E-state index contributed by atoms with van der Waals surface area (Å²) in [6.07, 6.45) is 0. The second kappa shape index (κ2) is 5.45. The normalized spacial score (nSPS) is 12.6. The Morgan fingerprint density at radius 3 is 1.87 bits per heavy atom. The maximum atomic E-state index is 6.41. The highest BCUT2D eigenvalue weighted by atomic mass is 16.3. The lowest BCUT2D eigenvalue weighted by Gasteiger charge is -2.11. The number of hydrogen-bond acceptors (Lipinski definition) is 2. The fourth-order valence-electron chi connectivity index (χ4n) is 5.11. The monoisotopic (exact) mass is 389 g/mol. The third kappa shape index (κ3) is 1.85. The molecule has 0 aliphatic heterocycles. The number of nitrogens with zero attached hydrogens (tertiary/aromatic N) is 1. The quantitative estimate of drug-likeness (QED) is 0.283. The highest BCUT2D eigenvalue weighted by Gasteiger charge is 2.22. The van der Waals surface area contributed by atoms with Gasteiger partial charge in [-0.2, -0.15) is 0 Å². The first-order valence-electron chi connectivity index (χ1n) is 10.4. The van der Waals surface area contributed by atoms with Gasteiger partial charge in [-0.1, -0.05) is 42.5 Å². The van der Waals surface area contributed by atoms with E-state index in [4.69, 9.17) is 8.83 Å². The lowest BCUT2D eigenvalue weighted by Crippen LogP contribution is -1.99. The number of aromatic nitrogens is 1. The standard InChI is InChI=1S/C27H19NO2/c1-15(2)28-21-14-13-18-16-7-3-5-9-22(16)29-26(18)24(21)20-12-11-19-17-8-4-6-10-23(17)30-27(19)25(20)28/h3-15H,1-2H3. The van der Waals surface area contributed by atoms with Crippen LogP contribution in [0.25, 0.3) is 65.7 Å². The third-order valence-corrected chi connectivity index (χ3v) is 6.33. The van der Waals surface area contributed by atoms with Crippen LogP contribution in [0.4, 0.5) is 0 Å². The van der Waals surface area contributed by atoms with Crippen LogP contribution in [0.1, 0.15) is 19.9 Å². The van der Waals surface area contributed by atoms with Crippen molar-refractivity contribution in [3.8, 4) is 0 Å². The molecule has 0 bridgehead atoms. The molecule has 0 amide bonds. The third-order valence-electron chi connectivity index (χ3n) is 6.33. The molecule has 0 radical (unpaired) electrons. The van der Waals surface area contributed by atoms with Gasteiger partial charge in [0.15, 0.2) is 5.58 Å². The van der Waals surface area contributed by atoms with Crippen molar-refractivity contribution in [1.82, 2.24) is 4.57 Å². The summed E-state index contributed by atoms with van der Waals surface area (Å²) in [5.74, 6) is 0. The molecule has 0 saturated carbocycles. The molecule has 144 valence electrons. The number of para-hydroxylation sites is 2. The first-order chi connectivity index (χ1) is 14.7. The molecule has 3 nitrogen and oxygen atoms in total. The van der Waals surface area contributed by atoms with E-state index in [-0.39, 0.29) is 6.04 Å². The number of benzene rings is 4. The van der Waals surface area contributed by atoms with Crippen molar-refractivity contribution in [3.63, 3.8) is 0 Å². The van der Waals surface area contributed by atoms with Crippen LogP contribution in [0.15, 0.2) is 81.6 Å². The zero-order valence-corrected chi connectivity index (χ0v) is 16.8. The Kier molecular flexibility index (Phi) is 2.93. The molecule has 0 saturated heterocycles. The molecule has 30 heavy (non-hydrogen) atoms. The molecule has 0 spiro atoms. The van der Waals surface area contributed by atoms with Crippen molar-refractivity contribution in [1.29, 1.82) is 0 Å². The minimum atomic E-state index is 0.283. The van der Waals surface area contributed by atoms with Crippen LogP contribution in [-0.4, -0.2) is 4.57 Å². The average molecular weight is 389 g/mol. The van der Waals surface area contributed by atoms with Crippen LogP contribution in [0.5, 0.6) is 0 Å². The first kappa shape index (κ1) is 16.1. The van der Waals surface area contributed by atoms with Crippen LogP contribution in [0, 0.1) is 0 Å². The minimum Gasteiger partial charge on any atom is -0.455 e. The minimum absolute atomic E-state index is 0.283. The molecule has 7 rings (SSSR count). The molecule has 3 heterocycles. The lowest BCUT2D eigenvalue weighted by molar-refractivity contribution is 0.630. The van der Waals surface area contributed by atoms with E-state index in [1.54, 1.807) is 0 Å². The van der Waals surface area contributed by atoms with E-state index in [0.29, 0.717) is 0 Å². The molecular formula is C27H19NO2. The van der Waals surface area contributed by atoms with E-state index in [1.807, 2.05) is 24.3 Å². The summed E-state index contributed by atoms with van der Waals surface area (Å²) in [5, 5.41) is 6.97. The van der Waals surface area contributed by atoms with Gasteiger partial charge in [-0.25, -0.2) is 0 Å². The number of fused-ring (bicyclic) bond motifs is 11. The van der Waals surface area contributed by atoms with Gasteiger partial charge in [-0.3, -0.25) is 0 Å². The largest absolute Gasteiger partial charge is 0.455 e. The van der Waals surface area contributed by atoms with Crippen LogP contribution in [-0.2, 0) is 0 Å². The predicted octanol–water partition coefficient (Wildman–Crippen LogP) is 8.17. The molecule has 0 aliphatic carbocycles. The van der Waals surface area contributed by atoms with Crippen molar-refractivity contribution in [3.05, 3.63) is 72.8 Å². The molecule has 0 N–H and O–H groups in total. The van der Waals surface area contributed by atoms with Gasteiger partial charge in [0.2, 0.25) is 0 Å². The summed E-state index contributed by atoms with van der Waals surface area (Å²) in [6.45, 7) is 4.45. The van der Waals surface area contributed by atoms with Gasteiger partial charge in [-0.05, 0) is 44.2 Å². The van der Waals surface area contributed by atoms with Crippen molar-refractivity contribution in [2.75, 3.05) is 0 Å². The van der Waals surface area contributed by atoms with Crippen LogP contribution < -0.4 is 0 Å². The van der Waals surface area contributed by atoms with E-state index in [9.17, 15) is 0 Å². The van der Waals surface area contributed by atoms with Gasteiger partial charge in [0.05, 0.1) is 16.4 Å². The fourth-order valence-corrected chi connectivity index (χ4v) is 5.11. The second-order valence-corrected chi connectivity index (χ2v) is 8.33. The Balaban J connectivity index is 1.78. The Morgan fingerprint density at radius 2 is 1.17 bits per heavy atom. The van der Waals surface area contributed by atoms with Crippen LogP contribution >= 0.6 is 0 Å². The average Bonchev–Trinajstić information content (AvgIpc) is 3.42. The SMILES string of the molecule is CC(C)n1c2ccc3c4ccccc4oc3c2c2ccc3c4ccccc4oc3c21. The summed E-state index contributed by atoms with van der Waals surface area (Å²) in [7, 11) is 0. The smallest absolute Gasteiger partial charge is 0.159 e. The summed E-state index contributed by atoms with van der Waals surface area (Å²) in [6, 6.07) is 25.7. The Morgan fingerprint density at radius 1 is 0.600 bits per heavy atom. The summed E-state index contributed by atoms with van der Waals surface area (Å²) in [5.41, 5.74) is 6.07. The maximum absolute atomic E-state index is 6.41. The van der Waals surface area contributed by atoms with Crippen molar-refractivity contribution in [2.45, 2.75) is 19.9 Å². The summed E-state index contributed by atoms with van der Waals surface area (Å²) >= 11 is 0. The molecule has 4 aromatic carbocycles. The van der Waals surface area contributed by atoms with E-state index >= 15 is 0 Å². The Bertz CT molecular complexity index is 1780. The van der Waals surface area contributed by atoms with Gasteiger partial charge in [0.1, 0.15) is 16.7 Å². The number of furan rings is 2. The van der Waals surface area contributed by atoms with E-state index < -0.39 is 0 Å². The van der Waals surface area contributed by atoms with Gasteiger partial charge >= 0.3 is 0 Å². The highest BCUT2D eigenvalue weighted by molar-refractivity contribution is 6.27. The first-order valence-corrected chi connectivity index (χ1v) is 10.4. The molecule has 0 unspecified atom stereocenters. The number of hydrogen-bond donors (Lipinski definition) is 0. The van der Waals surface area contributed by atoms with Crippen LogP contribution in [0.2, 0.25) is 0 Å². The van der Waals surface area contributed by atoms with Gasteiger partial charge in [0, 0.05) is 33.0 Å². The second-order valence-electron chi connectivity index (χ2n) is 8.33. The lowest BCUT2D eigenvalue weighted by atomic mass is 10.1. The summed E-state index contributed by atoms with van der Waals surface area (Å²) in [4.78, 5) is 0. The predicted molar refractivity (Wildman–Crippen MR) is 124 cm³/mol. The topological polar surface area (TPSA) is 31.2 Å². The van der Waals surface area contributed by atoms with E-state index in [2.05, 4.69) is 66.9 Å². The zero-order chi connectivity index (χ0) is 20.0. The molecule has 0 fully saturated rings. The zero-order valence-electron chi connectivity index (χ0n) is 16.8. The van der Waals surface area contributed by atoms with Crippen LogP contribution in [0.3, 0.4) is 0 Å². The maximum Gasteiger partial charge on any atom is 0.159 e. The Hall–Kier alpha value is -3.72. The van der Waals surface area contributed by atoms with E-state index in [0.717, 1.165) is 54.8 Å². The van der Waals surface area contributed by atoms with Gasteiger partial charge < -0.3 is 13.4 Å². The van der Waals surface area contributed by atoms with Gasteiger partial charge in [0.25, 0.3) is 0 Å². The molecule has 3 heteroatoms. The molecule has 0 atom stereocenters. The molecule has 0 aliphatic rings.